The van der Waals surface area contributed by atoms with E-state index in [1.54, 1.807) is 19.5 Å². The quantitative estimate of drug-likeness (QED) is 0.882. The van der Waals surface area contributed by atoms with Gasteiger partial charge < -0.3 is 14.8 Å². The zero-order chi connectivity index (χ0) is 15.2. The molecule has 0 aliphatic rings. The lowest BCUT2D eigenvalue weighted by molar-refractivity contribution is 0.311. The van der Waals surface area contributed by atoms with Gasteiger partial charge >= 0.3 is 0 Å². The Hall–Kier alpha value is -2.30. The van der Waals surface area contributed by atoms with Crippen LogP contribution >= 0.6 is 0 Å². The summed E-state index contributed by atoms with van der Waals surface area (Å²) in [4.78, 5) is 8.65. The molecule has 0 saturated heterocycles. The van der Waals surface area contributed by atoms with Gasteiger partial charge in [-0.2, -0.15) is 0 Å². The summed E-state index contributed by atoms with van der Waals surface area (Å²) >= 11 is 0. The van der Waals surface area contributed by atoms with Gasteiger partial charge in [0.05, 0.1) is 31.1 Å². The van der Waals surface area contributed by atoms with Crippen molar-refractivity contribution in [3.8, 4) is 11.5 Å². The fourth-order valence-electron chi connectivity index (χ4n) is 2.19. The Labute approximate surface area is 125 Å². The molecular formula is C16H21N3O2. The van der Waals surface area contributed by atoms with Crippen molar-refractivity contribution < 1.29 is 9.47 Å². The molecule has 1 atom stereocenters. The van der Waals surface area contributed by atoms with Crippen LogP contribution in [-0.2, 0) is 0 Å². The summed E-state index contributed by atoms with van der Waals surface area (Å²) in [6.07, 6.45) is 3.41. The van der Waals surface area contributed by atoms with Crippen LogP contribution < -0.4 is 14.8 Å². The van der Waals surface area contributed by atoms with Crippen molar-refractivity contribution in [2.75, 3.05) is 19.0 Å². The highest BCUT2D eigenvalue weighted by atomic mass is 16.5. The van der Waals surface area contributed by atoms with E-state index in [9.17, 15) is 0 Å². The summed E-state index contributed by atoms with van der Waals surface area (Å²) in [6, 6.07) is 5.85. The van der Waals surface area contributed by atoms with E-state index in [0.717, 1.165) is 22.8 Å². The molecule has 0 radical (unpaired) electrons. The maximum Gasteiger partial charge on any atom is 0.162 e. The van der Waals surface area contributed by atoms with E-state index in [1.165, 1.54) is 0 Å². The van der Waals surface area contributed by atoms with Crippen molar-refractivity contribution in [3.63, 3.8) is 0 Å². The first kappa shape index (κ1) is 15.1. The van der Waals surface area contributed by atoms with Crippen LogP contribution in [0.25, 0.3) is 0 Å². The molecule has 1 aromatic carbocycles. The van der Waals surface area contributed by atoms with Crippen molar-refractivity contribution in [2.45, 2.75) is 26.8 Å². The molecule has 21 heavy (non-hydrogen) atoms. The molecule has 2 rings (SSSR count). The summed E-state index contributed by atoms with van der Waals surface area (Å²) < 4.78 is 10.9. The van der Waals surface area contributed by atoms with Gasteiger partial charge in [-0.05, 0) is 32.9 Å². The molecule has 0 bridgehead atoms. The number of aryl methyl sites for hydroxylation is 1. The molecule has 5 nitrogen and oxygen atoms in total. The van der Waals surface area contributed by atoms with Gasteiger partial charge in [0, 0.05) is 24.1 Å². The van der Waals surface area contributed by atoms with Crippen molar-refractivity contribution in [1.29, 1.82) is 0 Å². The van der Waals surface area contributed by atoms with Crippen LogP contribution in [0.3, 0.4) is 0 Å². The Morgan fingerprint density at radius 1 is 1.19 bits per heavy atom. The highest BCUT2D eigenvalue weighted by Gasteiger charge is 2.12. The lowest BCUT2D eigenvalue weighted by Gasteiger charge is -2.17. The number of benzene rings is 1. The fraction of sp³-hybridized carbons (Fsp3) is 0.375. The Balaban J connectivity index is 2.18. The van der Waals surface area contributed by atoms with E-state index in [2.05, 4.69) is 22.2 Å². The topological polar surface area (TPSA) is 56.3 Å². The maximum atomic E-state index is 5.52. The second kappa shape index (κ2) is 6.92. The summed E-state index contributed by atoms with van der Waals surface area (Å²) in [5.41, 5.74) is 2.81. The summed E-state index contributed by atoms with van der Waals surface area (Å²) in [5, 5.41) is 3.40. The first-order valence-electron chi connectivity index (χ1n) is 7.00. The predicted molar refractivity (Wildman–Crippen MR) is 83.0 cm³/mol. The first-order valence-corrected chi connectivity index (χ1v) is 7.00. The van der Waals surface area contributed by atoms with E-state index in [-0.39, 0.29) is 6.04 Å². The Morgan fingerprint density at radius 2 is 1.95 bits per heavy atom. The number of anilines is 1. The third kappa shape index (κ3) is 3.62. The lowest BCUT2D eigenvalue weighted by Crippen LogP contribution is -2.11. The van der Waals surface area contributed by atoms with Gasteiger partial charge in [-0.3, -0.25) is 9.97 Å². The van der Waals surface area contributed by atoms with Gasteiger partial charge in [-0.15, -0.1) is 0 Å². The van der Waals surface area contributed by atoms with Gasteiger partial charge in [0.25, 0.3) is 0 Å². The monoisotopic (exact) mass is 287 g/mol. The second-order valence-electron chi connectivity index (χ2n) is 4.69. The summed E-state index contributed by atoms with van der Waals surface area (Å²) in [6.45, 7) is 6.57. The van der Waals surface area contributed by atoms with E-state index in [0.29, 0.717) is 12.4 Å². The largest absolute Gasteiger partial charge is 0.493 e. The minimum atomic E-state index is 0.0568. The third-order valence-corrected chi connectivity index (χ3v) is 3.18. The van der Waals surface area contributed by atoms with Crippen LogP contribution in [0, 0.1) is 6.92 Å². The summed E-state index contributed by atoms with van der Waals surface area (Å²) in [5.74, 6) is 1.46. The van der Waals surface area contributed by atoms with E-state index in [1.807, 2.05) is 32.0 Å². The zero-order valence-corrected chi connectivity index (χ0v) is 12.9. The number of hydrogen-bond donors (Lipinski definition) is 1. The van der Waals surface area contributed by atoms with Crippen molar-refractivity contribution in [2.24, 2.45) is 0 Å². The number of aromatic nitrogens is 2. The molecule has 0 amide bonds. The molecule has 112 valence electrons. The summed E-state index contributed by atoms with van der Waals surface area (Å²) in [7, 11) is 1.64. The van der Waals surface area contributed by atoms with Gasteiger partial charge in [-0.1, -0.05) is 0 Å². The Bertz CT molecular complexity index is 602. The number of hydrogen-bond acceptors (Lipinski definition) is 5. The molecular weight excluding hydrogens is 266 g/mol. The zero-order valence-electron chi connectivity index (χ0n) is 12.9. The lowest BCUT2D eigenvalue weighted by atomic mass is 10.1. The molecule has 0 aliphatic heterocycles. The van der Waals surface area contributed by atoms with Crippen LogP contribution in [0.1, 0.15) is 31.3 Å². The Morgan fingerprint density at radius 3 is 2.62 bits per heavy atom. The molecule has 0 spiro atoms. The number of ether oxygens (including phenoxy) is 2. The van der Waals surface area contributed by atoms with E-state index >= 15 is 0 Å². The minimum absolute atomic E-state index is 0.0568. The predicted octanol–water partition coefficient (Wildman–Crippen LogP) is 3.37. The third-order valence-electron chi connectivity index (χ3n) is 3.18. The van der Waals surface area contributed by atoms with Crippen molar-refractivity contribution >= 4 is 5.69 Å². The van der Waals surface area contributed by atoms with Gasteiger partial charge in [0.2, 0.25) is 0 Å². The molecule has 1 N–H and O–H groups in total. The smallest absolute Gasteiger partial charge is 0.162 e. The maximum absolute atomic E-state index is 5.52. The SMILES string of the molecule is CCOc1ccc(NC(C)c2nccnc2C)cc1OC. The second-order valence-corrected chi connectivity index (χ2v) is 4.69. The standard InChI is InChI=1S/C16H21N3O2/c1-5-21-14-7-6-13(10-15(14)20-4)19-12(3)16-11(2)17-8-9-18-16/h6-10,12,19H,5H2,1-4H3. The van der Waals surface area contributed by atoms with Gasteiger partial charge in [0.15, 0.2) is 11.5 Å². The number of nitrogens with zero attached hydrogens (tertiary/aromatic N) is 2. The molecule has 5 heteroatoms. The van der Waals surface area contributed by atoms with Gasteiger partial charge in [0.1, 0.15) is 0 Å². The van der Waals surface area contributed by atoms with Gasteiger partial charge in [-0.25, -0.2) is 0 Å². The molecule has 1 aromatic heterocycles. The average Bonchev–Trinajstić information content (AvgIpc) is 2.49. The first-order chi connectivity index (χ1) is 10.2. The number of rotatable bonds is 6. The van der Waals surface area contributed by atoms with Crippen LogP contribution in [0.5, 0.6) is 11.5 Å². The van der Waals surface area contributed by atoms with E-state index in [4.69, 9.17) is 9.47 Å². The highest BCUT2D eigenvalue weighted by molar-refractivity contribution is 5.55. The van der Waals surface area contributed by atoms with Crippen LogP contribution in [0.15, 0.2) is 30.6 Å². The minimum Gasteiger partial charge on any atom is -0.493 e. The van der Waals surface area contributed by atoms with Crippen LogP contribution in [0.2, 0.25) is 0 Å². The fourth-order valence-corrected chi connectivity index (χ4v) is 2.19. The molecule has 1 unspecified atom stereocenters. The molecule has 1 heterocycles. The van der Waals surface area contributed by atoms with Crippen LogP contribution in [-0.4, -0.2) is 23.7 Å². The molecule has 2 aromatic rings. The normalized spacial score (nSPS) is 11.8. The molecule has 0 fully saturated rings. The molecule has 0 aliphatic carbocycles. The van der Waals surface area contributed by atoms with E-state index < -0.39 is 0 Å². The Kier molecular flexibility index (Phi) is 4.98. The average molecular weight is 287 g/mol. The van der Waals surface area contributed by atoms with Crippen LogP contribution in [0.4, 0.5) is 5.69 Å². The highest BCUT2D eigenvalue weighted by Crippen LogP contribution is 2.31. The van der Waals surface area contributed by atoms with Crippen molar-refractivity contribution in [1.82, 2.24) is 9.97 Å². The number of nitrogens with one attached hydrogen (secondary N) is 1. The van der Waals surface area contributed by atoms with Crippen molar-refractivity contribution in [3.05, 3.63) is 42.0 Å². The molecule has 0 saturated carbocycles. The number of methoxy groups -OCH3 is 1.